The lowest BCUT2D eigenvalue weighted by molar-refractivity contribution is 0.236. The van der Waals surface area contributed by atoms with E-state index in [0.717, 1.165) is 37.4 Å². The van der Waals surface area contributed by atoms with Gasteiger partial charge in [0.15, 0.2) is 5.82 Å². The van der Waals surface area contributed by atoms with Crippen LogP contribution in [0.5, 0.6) is 0 Å². The van der Waals surface area contributed by atoms with Gasteiger partial charge in [0.05, 0.1) is 11.7 Å². The predicted molar refractivity (Wildman–Crippen MR) is 75.7 cm³/mol. The van der Waals surface area contributed by atoms with Crippen molar-refractivity contribution in [1.29, 1.82) is 0 Å². The number of nitrogens with two attached hydrogens (primary N) is 1. The van der Waals surface area contributed by atoms with Crippen molar-refractivity contribution in [3.63, 3.8) is 0 Å². The van der Waals surface area contributed by atoms with Gasteiger partial charge in [-0.3, -0.25) is 9.58 Å². The molecule has 1 aliphatic rings. The lowest BCUT2D eigenvalue weighted by atomic mass is 10.2. The van der Waals surface area contributed by atoms with Crippen LogP contribution >= 0.6 is 0 Å². The molecule has 1 atom stereocenters. The fourth-order valence-corrected chi connectivity index (χ4v) is 2.87. The van der Waals surface area contributed by atoms with Gasteiger partial charge in [-0.25, -0.2) is 4.68 Å². The lowest BCUT2D eigenvalue weighted by Gasteiger charge is -2.21. The number of anilines is 1. The number of hydrogen-bond donors (Lipinski definition) is 1. The molecular formula is C13H21N7. The molecule has 3 rings (SSSR count). The third-order valence-corrected chi connectivity index (χ3v) is 3.94. The van der Waals surface area contributed by atoms with E-state index in [0.29, 0.717) is 5.95 Å². The molecule has 0 radical (unpaired) electrons. The molecule has 3 heterocycles. The summed E-state index contributed by atoms with van der Waals surface area (Å²) in [6.07, 6.45) is 4.29. The Bertz CT molecular complexity index is 593. The Morgan fingerprint density at radius 1 is 1.35 bits per heavy atom. The van der Waals surface area contributed by atoms with Crippen molar-refractivity contribution in [2.24, 2.45) is 14.1 Å². The quantitative estimate of drug-likeness (QED) is 0.895. The monoisotopic (exact) mass is 275 g/mol. The number of rotatable bonds is 3. The minimum absolute atomic E-state index is 0.250. The molecule has 2 N–H and O–H groups in total. The average molecular weight is 275 g/mol. The molecule has 1 fully saturated rings. The van der Waals surface area contributed by atoms with Crippen LogP contribution in [-0.2, 0) is 20.6 Å². The largest absolute Gasteiger partial charge is 0.368 e. The maximum Gasteiger partial charge on any atom is 0.218 e. The van der Waals surface area contributed by atoms with Crippen molar-refractivity contribution in [3.8, 4) is 0 Å². The molecule has 7 heteroatoms. The second kappa shape index (κ2) is 4.90. The second-order valence-corrected chi connectivity index (χ2v) is 5.51. The first-order valence-electron chi connectivity index (χ1n) is 6.94. The molecule has 1 aliphatic heterocycles. The van der Waals surface area contributed by atoms with Gasteiger partial charge in [0, 0.05) is 26.8 Å². The zero-order valence-electron chi connectivity index (χ0n) is 12.2. The van der Waals surface area contributed by atoms with E-state index in [4.69, 9.17) is 5.73 Å². The van der Waals surface area contributed by atoms with Crippen LogP contribution in [0.25, 0.3) is 0 Å². The summed E-state index contributed by atoms with van der Waals surface area (Å²) in [7, 11) is 3.78. The second-order valence-electron chi connectivity index (χ2n) is 5.51. The number of aryl methyl sites for hydroxylation is 3. The van der Waals surface area contributed by atoms with Crippen molar-refractivity contribution < 1.29 is 0 Å². The standard InChI is InChI=1S/C13H21N7/c1-9-7-18(2)16-10(9)8-20-6-4-5-11(20)12-15-13(14)19(3)17-12/h7,11H,4-6,8H2,1-3H3,(H2,14,15,17). The normalized spacial score (nSPS) is 19.9. The zero-order chi connectivity index (χ0) is 14.3. The maximum absolute atomic E-state index is 5.79. The number of nitrogen functional groups attached to an aromatic ring is 1. The van der Waals surface area contributed by atoms with Gasteiger partial charge < -0.3 is 5.73 Å². The van der Waals surface area contributed by atoms with Crippen molar-refractivity contribution in [1.82, 2.24) is 29.4 Å². The van der Waals surface area contributed by atoms with Crippen LogP contribution in [0.1, 0.15) is 36.0 Å². The summed E-state index contributed by atoms with van der Waals surface area (Å²) < 4.78 is 3.50. The van der Waals surface area contributed by atoms with Crippen LogP contribution < -0.4 is 5.73 Å². The first-order valence-corrected chi connectivity index (χ1v) is 6.94. The first kappa shape index (κ1) is 13.1. The van der Waals surface area contributed by atoms with Crippen molar-refractivity contribution in [2.75, 3.05) is 12.3 Å². The lowest BCUT2D eigenvalue weighted by Crippen LogP contribution is -2.24. The van der Waals surface area contributed by atoms with Crippen LogP contribution in [0.4, 0.5) is 5.95 Å². The smallest absolute Gasteiger partial charge is 0.218 e. The van der Waals surface area contributed by atoms with Crippen molar-refractivity contribution in [3.05, 3.63) is 23.3 Å². The molecule has 0 amide bonds. The fraction of sp³-hybridized carbons (Fsp3) is 0.615. The van der Waals surface area contributed by atoms with E-state index in [-0.39, 0.29) is 6.04 Å². The van der Waals surface area contributed by atoms with Gasteiger partial charge in [0.2, 0.25) is 5.95 Å². The molecule has 0 bridgehead atoms. The summed E-state index contributed by atoms with van der Waals surface area (Å²) in [6, 6.07) is 0.250. The number of hydrogen-bond acceptors (Lipinski definition) is 5. The highest BCUT2D eigenvalue weighted by Crippen LogP contribution is 2.31. The highest BCUT2D eigenvalue weighted by Gasteiger charge is 2.30. The Hall–Kier alpha value is -1.89. The summed E-state index contributed by atoms with van der Waals surface area (Å²) in [6.45, 7) is 4.00. The van der Waals surface area contributed by atoms with E-state index in [1.807, 2.05) is 18.8 Å². The summed E-state index contributed by atoms with van der Waals surface area (Å²) in [5.74, 6) is 1.30. The highest BCUT2D eigenvalue weighted by molar-refractivity contribution is 5.18. The number of likely N-dealkylation sites (tertiary alicyclic amines) is 1. The Labute approximate surface area is 118 Å². The topological polar surface area (TPSA) is 77.8 Å². The van der Waals surface area contributed by atoms with E-state index in [9.17, 15) is 0 Å². The van der Waals surface area contributed by atoms with Crippen LogP contribution in [0, 0.1) is 6.92 Å². The SMILES string of the molecule is Cc1cn(C)nc1CN1CCCC1c1nc(N)n(C)n1. The average Bonchev–Trinajstić information content (AvgIpc) is 3.03. The Balaban J connectivity index is 1.80. The minimum atomic E-state index is 0.250. The van der Waals surface area contributed by atoms with Gasteiger partial charge >= 0.3 is 0 Å². The van der Waals surface area contributed by atoms with Gasteiger partial charge in [-0.1, -0.05) is 0 Å². The third-order valence-electron chi connectivity index (χ3n) is 3.94. The number of nitrogens with zero attached hydrogens (tertiary/aromatic N) is 6. The van der Waals surface area contributed by atoms with Gasteiger partial charge in [-0.2, -0.15) is 15.2 Å². The molecule has 2 aromatic heterocycles. The Morgan fingerprint density at radius 2 is 2.15 bits per heavy atom. The van der Waals surface area contributed by atoms with Gasteiger partial charge in [0.1, 0.15) is 0 Å². The van der Waals surface area contributed by atoms with Gasteiger partial charge in [-0.05, 0) is 31.9 Å². The zero-order valence-corrected chi connectivity index (χ0v) is 12.2. The van der Waals surface area contributed by atoms with E-state index in [2.05, 4.69) is 33.2 Å². The Kier molecular flexibility index (Phi) is 3.21. The van der Waals surface area contributed by atoms with E-state index < -0.39 is 0 Å². The van der Waals surface area contributed by atoms with Crippen molar-refractivity contribution in [2.45, 2.75) is 32.4 Å². The molecule has 0 spiro atoms. The van der Waals surface area contributed by atoms with Crippen molar-refractivity contribution >= 4 is 5.95 Å². The van der Waals surface area contributed by atoms with Crippen LogP contribution in [0.3, 0.4) is 0 Å². The summed E-state index contributed by atoms with van der Waals surface area (Å²) >= 11 is 0. The van der Waals surface area contributed by atoms with E-state index >= 15 is 0 Å². The minimum Gasteiger partial charge on any atom is -0.368 e. The summed E-state index contributed by atoms with van der Waals surface area (Å²) in [5.41, 5.74) is 8.15. The highest BCUT2D eigenvalue weighted by atomic mass is 15.4. The van der Waals surface area contributed by atoms with E-state index in [1.165, 1.54) is 5.56 Å². The summed E-state index contributed by atoms with van der Waals surface area (Å²) in [5, 5.41) is 8.95. The molecule has 2 aromatic rings. The molecule has 20 heavy (non-hydrogen) atoms. The van der Waals surface area contributed by atoms with Crippen LogP contribution in [0.2, 0.25) is 0 Å². The Morgan fingerprint density at radius 3 is 2.75 bits per heavy atom. The molecule has 108 valence electrons. The molecule has 0 aromatic carbocycles. The molecule has 0 aliphatic carbocycles. The van der Waals surface area contributed by atoms with Crippen LogP contribution in [0.15, 0.2) is 6.20 Å². The third kappa shape index (κ3) is 2.29. The van der Waals surface area contributed by atoms with E-state index in [1.54, 1.807) is 4.68 Å². The summed E-state index contributed by atoms with van der Waals surface area (Å²) in [4.78, 5) is 6.77. The molecular weight excluding hydrogens is 254 g/mol. The molecule has 0 saturated carbocycles. The predicted octanol–water partition coefficient (Wildman–Crippen LogP) is 0.776. The molecule has 1 unspecified atom stereocenters. The molecule has 1 saturated heterocycles. The molecule has 7 nitrogen and oxygen atoms in total. The fourth-order valence-electron chi connectivity index (χ4n) is 2.87. The maximum atomic E-state index is 5.79. The number of aromatic nitrogens is 5. The van der Waals surface area contributed by atoms with Crippen LogP contribution in [-0.4, -0.2) is 36.0 Å². The van der Waals surface area contributed by atoms with Gasteiger partial charge in [0.25, 0.3) is 0 Å². The first-order chi connectivity index (χ1) is 9.54. The van der Waals surface area contributed by atoms with Gasteiger partial charge in [-0.15, -0.1) is 0 Å².